The highest BCUT2D eigenvalue weighted by atomic mass is 16.5. The van der Waals surface area contributed by atoms with Crippen LogP contribution in [0, 0.1) is 13.8 Å². The van der Waals surface area contributed by atoms with Gasteiger partial charge in [0.25, 0.3) is 5.91 Å². The summed E-state index contributed by atoms with van der Waals surface area (Å²) >= 11 is 0. The molecule has 7 nitrogen and oxygen atoms in total. The van der Waals surface area contributed by atoms with Crippen LogP contribution in [-0.4, -0.2) is 54.0 Å². The summed E-state index contributed by atoms with van der Waals surface area (Å²) in [6.45, 7) is 7.86. The maximum atomic E-state index is 13.1. The number of carbonyl (C=O) groups is 1. The predicted octanol–water partition coefficient (Wildman–Crippen LogP) is 3.84. The first-order valence-corrected chi connectivity index (χ1v) is 10.8. The molecule has 0 saturated carbocycles. The van der Waals surface area contributed by atoms with Crippen molar-refractivity contribution in [1.29, 1.82) is 0 Å². The number of ether oxygens (including phenoxy) is 2. The highest BCUT2D eigenvalue weighted by molar-refractivity contribution is 5.95. The van der Waals surface area contributed by atoms with E-state index in [1.807, 2.05) is 49.1 Å². The Balaban J connectivity index is 1.34. The lowest BCUT2D eigenvalue weighted by Crippen LogP contribution is -2.48. The van der Waals surface area contributed by atoms with Gasteiger partial charge in [0, 0.05) is 31.7 Å². The van der Waals surface area contributed by atoms with Gasteiger partial charge in [0.2, 0.25) is 5.89 Å². The third-order valence-electron chi connectivity index (χ3n) is 5.74. The lowest BCUT2D eigenvalue weighted by Gasteiger charge is -2.34. The van der Waals surface area contributed by atoms with Crippen LogP contribution in [0.1, 0.15) is 33.3 Å². The molecular weight excluding hydrogens is 406 g/mol. The average Bonchev–Trinajstić information content (AvgIpc) is 3.14. The molecule has 0 spiro atoms. The molecule has 1 aliphatic heterocycles. The van der Waals surface area contributed by atoms with E-state index in [2.05, 4.69) is 9.88 Å². The summed E-state index contributed by atoms with van der Waals surface area (Å²) in [5.74, 6) is 2.77. The Hall–Kier alpha value is -3.32. The van der Waals surface area contributed by atoms with Crippen LogP contribution in [0.25, 0.3) is 0 Å². The maximum absolute atomic E-state index is 13.1. The van der Waals surface area contributed by atoms with E-state index < -0.39 is 0 Å². The third-order valence-corrected chi connectivity index (χ3v) is 5.74. The van der Waals surface area contributed by atoms with Crippen molar-refractivity contribution in [2.75, 3.05) is 33.3 Å². The molecule has 168 valence electrons. The van der Waals surface area contributed by atoms with Gasteiger partial charge in [-0.15, -0.1) is 0 Å². The molecule has 0 aliphatic carbocycles. The molecule has 2 aromatic carbocycles. The first kappa shape index (κ1) is 21.9. The fourth-order valence-corrected chi connectivity index (χ4v) is 3.74. The Labute approximate surface area is 188 Å². The van der Waals surface area contributed by atoms with Crippen molar-refractivity contribution in [3.05, 3.63) is 77.0 Å². The number of oxazole rings is 1. The van der Waals surface area contributed by atoms with Crippen LogP contribution in [0.5, 0.6) is 11.5 Å². The van der Waals surface area contributed by atoms with Gasteiger partial charge in [-0.25, -0.2) is 4.98 Å². The predicted molar refractivity (Wildman–Crippen MR) is 121 cm³/mol. The second-order valence-electron chi connectivity index (χ2n) is 7.96. The van der Waals surface area contributed by atoms with Crippen molar-refractivity contribution >= 4 is 5.91 Å². The molecule has 7 heteroatoms. The minimum absolute atomic E-state index is 0.000344. The molecule has 0 N–H and O–H groups in total. The monoisotopic (exact) mass is 435 g/mol. The summed E-state index contributed by atoms with van der Waals surface area (Å²) in [4.78, 5) is 21.6. The van der Waals surface area contributed by atoms with Gasteiger partial charge in [-0.1, -0.05) is 30.3 Å². The molecule has 3 aromatic rings. The SMILES string of the molecule is COc1cc(C(=O)N2CCN(Cc3nc(C)c(C)o3)CC2)ccc1OCc1ccccc1. The van der Waals surface area contributed by atoms with Gasteiger partial charge < -0.3 is 18.8 Å². The number of hydrogen-bond donors (Lipinski definition) is 0. The van der Waals surface area contributed by atoms with Crippen LogP contribution < -0.4 is 9.47 Å². The van der Waals surface area contributed by atoms with Gasteiger partial charge in [-0.3, -0.25) is 9.69 Å². The fourth-order valence-electron chi connectivity index (χ4n) is 3.74. The quantitative estimate of drug-likeness (QED) is 0.562. The number of benzene rings is 2. The largest absolute Gasteiger partial charge is 0.493 e. The molecule has 1 aromatic heterocycles. The first-order chi connectivity index (χ1) is 15.5. The number of piperazine rings is 1. The molecule has 2 heterocycles. The van der Waals surface area contributed by atoms with Crippen LogP contribution in [0.2, 0.25) is 0 Å². The third kappa shape index (κ3) is 5.11. The minimum Gasteiger partial charge on any atom is -0.493 e. The summed E-state index contributed by atoms with van der Waals surface area (Å²) in [5, 5.41) is 0. The second kappa shape index (κ2) is 9.87. The van der Waals surface area contributed by atoms with Crippen molar-refractivity contribution in [1.82, 2.24) is 14.8 Å². The number of aryl methyl sites for hydroxylation is 2. The Morgan fingerprint density at radius 1 is 1.03 bits per heavy atom. The Bertz CT molecular complexity index is 1040. The van der Waals surface area contributed by atoms with E-state index in [0.717, 1.165) is 36.0 Å². The normalized spacial score (nSPS) is 14.4. The summed E-state index contributed by atoms with van der Waals surface area (Å²) in [6, 6.07) is 15.3. The smallest absolute Gasteiger partial charge is 0.254 e. The van der Waals surface area contributed by atoms with Crippen LogP contribution in [-0.2, 0) is 13.2 Å². The highest BCUT2D eigenvalue weighted by Gasteiger charge is 2.24. The molecule has 0 atom stereocenters. The zero-order valence-electron chi connectivity index (χ0n) is 18.8. The van der Waals surface area contributed by atoms with E-state index in [1.165, 1.54) is 0 Å². The van der Waals surface area contributed by atoms with Crippen molar-refractivity contribution < 1.29 is 18.7 Å². The average molecular weight is 436 g/mol. The van der Waals surface area contributed by atoms with E-state index in [4.69, 9.17) is 13.9 Å². The molecule has 1 fully saturated rings. The van der Waals surface area contributed by atoms with Gasteiger partial charge >= 0.3 is 0 Å². The van der Waals surface area contributed by atoms with Crippen LogP contribution >= 0.6 is 0 Å². The van der Waals surface area contributed by atoms with Gasteiger partial charge in [-0.2, -0.15) is 0 Å². The maximum Gasteiger partial charge on any atom is 0.254 e. The van der Waals surface area contributed by atoms with E-state index in [9.17, 15) is 4.79 Å². The number of aromatic nitrogens is 1. The van der Waals surface area contributed by atoms with Crippen molar-refractivity contribution in [2.45, 2.75) is 27.0 Å². The lowest BCUT2D eigenvalue weighted by atomic mass is 10.1. The van der Waals surface area contributed by atoms with E-state index >= 15 is 0 Å². The summed E-state index contributed by atoms with van der Waals surface area (Å²) in [5.41, 5.74) is 2.60. The van der Waals surface area contributed by atoms with E-state index in [1.54, 1.807) is 25.3 Å². The number of amides is 1. The van der Waals surface area contributed by atoms with Gasteiger partial charge in [0.1, 0.15) is 12.4 Å². The van der Waals surface area contributed by atoms with Gasteiger partial charge in [0.05, 0.1) is 19.3 Å². The Morgan fingerprint density at radius 2 is 1.78 bits per heavy atom. The molecule has 0 unspecified atom stereocenters. The molecule has 4 rings (SSSR count). The van der Waals surface area contributed by atoms with E-state index in [0.29, 0.717) is 43.3 Å². The summed E-state index contributed by atoms with van der Waals surface area (Å²) in [7, 11) is 1.59. The first-order valence-electron chi connectivity index (χ1n) is 10.8. The van der Waals surface area contributed by atoms with Gasteiger partial charge in [0.15, 0.2) is 11.5 Å². The number of carbonyl (C=O) groups excluding carboxylic acids is 1. The van der Waals surface area contributed by atoms with Crippen LogP contribution in [0.15, 0.2) is 52.9 Å². The Morgan fingerprint density at radius 3 is 2.44 bits per heavy atom. The summed E-state index contributed by atoms with van der Waals surface area (Å²) < 4.78 is 17.1. The van der Waals surface area contributed by atoms with E-state index in [-0.39, 0.29) is 5.91 Å². The minimum atomic E-state index is 0.000344. The molecule has 32 heavy (non-hydrogen) atoms. The number of rotatable bonds is 7. The molecule has 1 aliphatic rings. The standard InChI is InChI=1S/C25H29N3O4/c1-18-19(2)32-24(26-18)16-27-11-13-28(14-12-27)25(29)21-9-10-22(23(15-21)30-3)31-17-20-7-5-4-6-8-20/h4-10,15H,11-14,16-17H2,1-3H3. The zero-order chi connectivity index (χ0) is 22.5. The van der Waals surface area contributed by atoms with Crippen molar-refractivity contribution in [3.63, 3.8) is 0 Å². The second-order valence-corrected chi connectivity index (χ2v) is 7.96. The summed E-state index contributed by atoms with van der Waals surface area (Å²) in [6.07, 6.45) is 0. The van der Waals surface area contributed by atoms with Crippen LogP contribution in [0.3, 0.4) is 0 Å². The number of hydrogen-bond acceptors (Lipinski definition) is 6. The fraction of sp³-hybridized carbons (Fsp3) is 0.360. The topological polar surface area (TPSA) is 68.0 Å². The molecular formula is C25H29N3O4. The lowest BCUT2D eigenvalue weighted by molar-refractivity contribution is 0.0617. The van der Waals surface area contributed by atoms with Crippen LogP contribution in [0.4, 0.5) is 0 Å². The molecule has 1 saturated heterocycles. The Kier molecular flexibility index (Phi) is 6.75. The molecule has 1 amide bonds. The molecule has 0 radical (unpaired) electrons. The zero-order valence-corrected chi connectivity index (χ0v) is 18.8. The number of nitrogens with zero attached hydrogens (tertiary/aromatic N) is 3. The number of methoxy groups -OCH3 is 1. The highest BCUT2D eigenvalue weighted by Crippen LogP contribution is 2.29. The van der Waals surface area contributed by atoms with Crippen molar-refractivity contribution in [2.24, 2.45) is 0 Å². The molecule has 0 bridgehead atoms. The van der Waals surface area contributed by atoms with Gasteiger partial charge in [-0.05, 0) is 37.6 Å². The van der Waals surface area contributed by atoms with Crippen molar-refractivity contribution in [3.8, 4) is 11.5 Å².